The summed E-state index contributed by atoms with van der Waals surface area (Å²) in [5.74, 6) is -1.94. The predicted molar refractivity (Wildman–Crippen MR) is 132 cm³/mol. The van der Waals surface area contributed by atoms with Crippen molar-refractivity contribution in [2.45, 2.75) is 24.9 Å². The first kappa shape index (κ1) is 25.2. The molecule has 2 atom stereocenters. The third kappa shape index (κ3) is 8.12. The zero-order valence-electron chi connectivity index (χ0n) is 19.1. The molecule has 0 saturated heterocycles. The fraction of sp³-hybridized carbons (Fsp3) is 0.185. The van der Waals surface area contributed by atoms with Gasteiger partial charge in [0.15, 0.2) is 0 Å². The van der Waals surface area contributed by atoms with Crippen LogP contribution in [0.4, 0.5) is 0 Å². The van der Waals surface area contributed by atoms with E-state index in [1.165, 1.54) is 0 Å². The number of amides is 4. The summed E-state index contributed by atoms with van der Waals surface area (Å²) in [6.45, 7) is -0.326. The Morgan fingerprint density at radius 3 is 1.91 bits per heavy atom. The second kappa shape index (κ2) is 12.7. The topological polar surface area (TPSA) is 130 Å². The van der Waals surface area contributed by atoms with E-state index in [-0.39, 0.29) is 19.4 Å². The highest BCUT2D eigenvalue weighted by Gasteiger charge is 2.23. The molecule has 8 nitrogen and oxygen atoms in total. The van der Waals surface area contributed by atoms with E-state index in [9.17, 15) is 19.2 Å². The Balaban J connectivity index is 1.65. The van der Waals surface area contributed by atoms with Crippen LogP contribution in [0.25, 0.3) is 0 Å². The van der Waals surface area contributed by atoms with Gasteiger partial charge in [0, 0.05) is 12.0 Å². The summed E-state index contributed by atoms with van der Waals surface area (Å²) in [4.78, 5) is 49.7. The van der Waals surface area contributed by atoms with Gasteiger partial charge in [0.1, 0.15) is 6.04 Å². The van der Waals surface area contributed by atoms with Crippen LogP contribution in [-0.2, 0) is 20.8 Å². The van der Waals surface area contributed by atoms with Gasteiger partial charge in [-0.25, -0.2) is 0 Å². The van der Waals surface area contributed by atoms with Crippen LogP contribution in [0.15, 0.2) is 91.0 Å². The zero-order chi connectivity index (χ0) is 25.0. The average molecular weight is 473 g/mol. The Kier molecular flexibility index (Phi) is 9.13. The van der Waals surface area contributed by atoms with Gasteiger partial charge >= 0.3 is 0 Å². The van der Waals surface area contributed by atoms with E-state index in [1.54, 1.807) is 54.6 Å². The summed E-state index contributed by atoms with van der Waals surface area (Å²) < 4.78 is 0. The molecule has 8 heteroatoms. The van der Waals surface area contributed by atoms with Crippen LogP contribution in [0.1, 0.15) is 33.9 Å². The van der Waals surface area contributed by atoms with Crippen LogP contribution in [-0.4, -0.2) is 36.2 Å². The third-order valence-corrected chi connectivity index (χ3v) is 5.31. The quantitative estimate of drug-likeness (QED) is 0.339. The van der Waals surface area contributed by atoms with Gasteiger partial charge in [-0.1, -0.05) is 78.9 Å². The second-order valence-electron chi connectivity index (χ2n) is 8.00. The monoisotopic (exact) mass is 472 g/mol. The number of carbonyl (C=O) groups excluding carboxylic acids is 4. The average Bonchev–Trinajstić information content (AvgIpc) is 2.88. The summed E-state index contributed by atoms with van der Waals surface area (Å²) in [6, 6.07) is 25.3. The van der Waals surface area contributed by atoms with Crippen molar-refractivity contribution < 1.29 is 19.2 Å². The van der Waals surface area contributed by atoms with Gasteiger partial charge in [0.05, 0.1) is 19.0 Å². The molecule has 180 valence electrons. The van der Waals surface area contributed by atoms with E-state index in [1.807, 2.05) is 36.4 Å². The van der Waals surface area contributed by atoms with Crippen molar-refractivity contribution in [2.24, 2.45) is 5.73 Å². The lowest BCUT2D eigenvalue weighted by Crippen LogP contribution is -2.50. The van der Waals surface area contributed by atoms with Gasteiger partial charge in [-0.15, -0.1) is 0 Å². The summed E-state index contributed by atoms with van der Waals surface area (Å²) in [7, 11) is 0. The van der Waals surface area contributed by atoms with Crippen molar-refractivity contribution in [1.29, 1.82) is 0 Å². The predicted octanol–water partition coefficient (Wildman–Crippen LogP) is 1.88. The van der Waals surface area contributed by atoms with E-state index in [2.05, 4.69) is 16.0 Å². The number of hydrogen-bond acceptors (Lipinski definition) is 4. The summed E-state index contributed by atoms with van der Waals surface area (Å²) in [5.41, 5.74) is 7.34. The van der Waals surface area contributed by atoms with E-state index in [0.29, 0.717) is 5.56 Å². The Bertz CT molecular complexity index is 1140. The number of hydrogen-bond donors (Lipinski definition) is 4. The van der Waals surface area contributed by atoms with Gasteiger partial charge in [0.25, 0.3) is 5.91 Å². The van der Waals surface area contributed by atoms with Gasteiger partial charge in [0.2, 0.25) is 17.7 Å². The molecule has 4 amide bonds. The van der Waals surface area contributed by atoms with Crippen LogP contribution in [0.3, 0.4) is 0 Å². The highest BCUT2D eigenvalue weighted by atomic mass is 16.2. The zero-order valence-corrected chi connectivity index (χ0v) is 19.1. The van der Waals surface area contributed by atoms with Crippen molar-refractivity contribution in [3.05, 3.63) is 108 Å². The minimum Gasteiger partial charge on any atom is -0.370 e. The number of benzene rings is 3. The molecule has 5 N–H and O–H groups in total. The van der Waals surface area contributed by atoms with Crippen LogP contribution in [0, 0.1) is 0 Å². The molecule has 0 aliphatic carbocycles. The Morgan fingerprint density at radius 2 is 1.31 bits per heavy atom. The number of nitrogens with two attached hydrogens (primary N) is 1. The van der Waals surface area contributed by atoms with Crippen LogP contribution in [0.5, 0.6) is 0 Å². The standard InChI is InChI=1S/C27H28N4O4/c28-24(32)17-22(20-12-6-2-7-13-20)30-25(33)18-29-27(35)23(16-19-10-4-1-5-11-19)31-26(34)21-14-8-3-9-15-21/h1-15,22-23H,16-18H2,(H2,28,32)(H,29,35)(H,30,33)(H,31,34). The SMILES string of the molecule is NC(=O)CC(NC(=O)CNC(=O)C(Cc1ccccc1)NC(=O)c1ccccc1)c1ccccc1. The summed E-state index contributed by atoms with van der Waals surface area (Å²) in [5, 5.41) is 8.08. The number of nitrogens with one attached hydrogen (secondary N) is 3. The Hall–Kier alpha value is -4.46. The van der Waals surface area contributed by atoms with Crippen molar-refractivity contribution in [3.8, 4) is 0 Å². The maximum Gasteiger partial charge on any atom is 0.251 e. The maximum absolute atomic E-state index is 13.0. The molecule has 35 heavy (non-hydrogen) atoms. The molecule has 0 aliphatic rings. The highest BCUT2D eigenvalue weighted by molar-refractivity contribution is 5.98. The molecule has 2 unspecified atom stereocenters. The fourth-order valence-corrected chi connectivity index (χ4v) is 3.56. The molecule has 0 saturated carbocycles. The molecule has 0 heterocycles. The minimum absolute atomic E-state index is 0.0759. The Morgan fingerprint density at radius 1 is 0.743 bits per heavy atom. The van der Waals surface area contributed by atoms with E-state index in [4.69, 9.17) is 5.73 Å². The van der Waals surface area contributed by atoms with Crippen LogP contribution in [0.2, 0.25) is 0 Å². The maximum atomic E-state index is 13.0. The Labute approximate surface area is 203 Å². The van der Waals surface area contributed by atoms with Gasteiger partial charge < -0.3 is 21.7 Å². The smallest absolute Gasteiger partial charge is 0.251 e. The molecule has 3 aromatic carbocycles. The first-order chi connectivity index (χ1) is 16.9. The van der Waals surface area contributed by atoms with Gasteiger partial charge in [-0.05, 0) is 23.3 Å². The molecule has 0 radical (unpaired) electrons. The molecule has 0 aromatic heterocycles. The minimum atomic E-state index is -0.895. The lowest BCUT2D eigenvalue weighted by molar-refractivity contribution is -0.127. The normalized spacial score (nSPS) is 12.1. The van der Waals surface area contributed by atoms with Crippen molar-refractivity contribution in [1.82, 2.24) is 16.0 Å². The summed E-state index contributed by atoms with van der Waals surface area (Å²) in [6.07, 6.45) is 0.175. The van der Waals surface area contributed by atoms with E-state index in [0.717, 1.165) is 11.1 Å². The molecule has 0 fully saturated rings. The first-order valence-electron chi connectivity index (χ1n) is 11.2. The van der Waals surface area contributed by atoms with Crippen molar-refractivity contribution in [3.63, 3.8) is 0 Å². The second-order valence-corrected chi connectivity index (χ2v) is 8.00. The molecular weight excluding hydrogens is 444 g/mol. The highest BCUT2D eigenvalue weighted by Crippen LogP contribution is 2.16. The molecule has 0 bridgehead atoms. The molecule has 0 spiro atoms. The number of rotatable bonds is 11. The van der Waals surface area contributed by atoms with Crippen molar-refractivity contribution >= 4 is 23.6 Å². The molecule has 3 aromatic rings. The van der Waals surface area contributed by atoms with E-state index >= 15 is 0 Å². The third-order valence-electron chi connectivity index (χ3n) is 5.31. The largest absolute Gasteiger partial charge is 0.370 e. The van der Waals surface area contributed by atoms with Crippen LogP contribution < -0.4 is 21.7 Å². The van der Waals surface area contributed by atoms with Gasteiger partial charge in [-0.2, -0.15) is 0 Å². The summed E-state index contributed by atoms with van der Waals surface area (Å²) >= 11 is 0. The van der Waals surface area contributed by atoms with Crippen LogP contribution >= 0.6 is 0 Å². The molecule has 3 rings (SSSR count). The number of primary amides is 1. The fourth-order valence-electron chi connectivity index (χ4n) is 3.56. The first-order valence-corrected chi connectivity index (χ1v) is 11.2. The van der Waals surface area contributed by atoms with Gasteiger partial charge in [-0.3, -0.25) is 19.2 Å². The molecular formula is C27H28N4O4. The lowest BCUT2D eigenvalue weighted by atomic mass is 10.0. The van der Waals surface area contributed by atoms with Crippen molar-refractivity contribution in [2.75, 3.05) is 6.54 Å². The molecule has 0 aliphatic heterocycles. The number of carbonyl (C=O) groups is 4. The lowest BCUT2D eigenvalue weighted by Gasteiger charge is -2.20. The van der Waals surface area contributed by atoms with E-state index < -0.39 is 35.7 Å².